The average molecular weight is 145 g/mol. The van der Waals surface area contributed by atoms with Gasteiger partial charge < -0.3 is 9.64 Å². The molecule has 0 aliphatic heterocycles. The number of hydrogen-bond acceptors (Lipinski definition) is 2. The Morgan fingerprint density at radius 2 is 2.10 bits per heavy atom. The summed E-state index contributed by atoms with van der Waals surface area (Å²) < 4.78 is 4.75. The van der Waals surface area contributed by atoms with Gasteiger partial charge in [0.1, 0.15) is 0 Å². The van der Waals surface area contributed by atoms with E-state index in [9.17, 15) is 4.79 Å². The van der Waals surface area contributed by atoms with Crippen LogP contribution in [0.1, 0.15) is 20.8 Å². The number of carbonyl (C=O) groups excluding carboxylic acids is 1. The molecule has 60 valence electrons. The topological polar surface area (TPSA) is 29.5 Å². The van der Waals surface area contributed by atoms with Crippen LogP contribution in [0.25, 0.3) is 0 Å². The van der Waals surface area contributed by atoms with E-state index in [0.717, 1.165) is 0 Å². The predicted octanol–water partition coefficient (Wildman–Crippen LogP) is 1.48. The third-order valence-corrected chi connectivity index (χ3v) is 1.33. The zero-order valence-corrected chi connectivity index (χ0v) is 7.05. The fourth-order valence-corrected chi connectivity index (χ4v) is 0.436. The van der Waals surface area contributed by atoms with Gasteiger partial charge in [0.25, 0.3) is 0 Å². The Bertz CT molecular complexity index is 112. The van der Waals surface area contributed by atoms with Crippen molar-refractivity contribution in [2.45, 2.75) is 26.8 Å². The van der Waals surface area contributed by atoms with Gasteiger partial charge >= 0.3 is 6.09 Å². The number of ether oxygens (including phenoxy) is 1. The van der Waals surface area contributed by atoms with Crippen LogP contribution in [0.2, 0.25) is 0 Å². The summed E-state index contributed by atoms with van der Waals surface area (Å²) in [6.45, 7) is 6.12. The van der Waals surface area contributed by atoms with Crippen molar-refractivity contribution in [3.63, 3.8) is 0 Å². The van der Waals surface area contributed by atoms with Crippen molar-refractivity contribution in [2.24, 2.45) is 0 Å². The van der Waals surface area contributed by atoms with Gasteiger partial charge in [-0.25, -0.2) is 4.79 Å². The zero-order valence-electron chi connectivity index (χ0n) is 7.05. The highest BCUT2D eigenvalue weighted by molar-refractivity contribution is 5.67. The first-order chi connectivity index (χ1) is 4.59. The molecule has 0 aliphatic rings. The number of carbonyl (C=O) groups is 1. The number of hydrogen-bond donors (Lipinski definition) is 0. The molecule has 0 rings (SSSR count). The quantitative estimate of drug-likeness (QED) is 0.589. The van der Waals surface area contributed by atoms with Crippen LogP contribution in [0, 0.1) is 0 Å². The summed E-state index contributed by atoms with van der Waals surface area (Å²) in [7, 11) is 1.72. The lowest BCUT2D eigenvalue weighted by molar-refractivity contribution is 0.107. The predicted molar refractivity (Wildman–Crippen MR) is 39.9 cm³/mol. The van der Waals surface area contributed by atoms with Gasteiger partial charge in [-0.05, 0) is 20.8 Å². The van der Waals surface area contributed by atoms with Gasteiger partial charge in [-0.15, -0.1) is 0 Å². The molecule has 0 aromatic heterocycles. The number of rotatable bonds is 2. The largest absolute Gasteiger partial charge is 0.450 e. The maximum Gasteiger partial charge on any atom is 0.409 e. The third-order valence-electron chi connectivity index (χ3n) is 1.33. The molecule has 0 bridgehead atoms. The van der Waals surface area contributed by atoms with Gasteiger partial charge in [0.05, 0.1) is 6.61 Å². The normalized spacial score (nSPS) is 9.70. The molecule has 0 aliphatic carbocycles. The van der Waals surface area contributed by atoms with Crippen molar-refractivity contribution in [3.05, 3.63) is 0 Å². The van der Waals surface area contributed by atoms with E-state index in [1.807, 2.05) is 13.8 Å². The molecule has 0 aromatic rings. The van der Waals surface area contributed by atoms with Crippen molar-refractivity contribution in [1.29, 1.82) is 0 Å². The highest BCUT2D eigenvalue weighted by Crippen LogP contribution is 1.96. The van der Waals surface area contributed by atoms with E-state index >= 15 is 0 Å². The molecular weight excluding hydrogens is 130 g/mol. The lowest BCUT2D eigenvalue weighted by Crippen LogP contribution is -2.33. The van der Waals surface area contributed by atoms with Crippen LogP contribution in [0.5, 0.6) is 0 Å². The van der Waals surface area contributed by atoms with E-state index in [1.54, 1.807) is 18.9 Å². The Kier molecular flexibility index (Phi) is 3.84. The molecule has 0 saturated carbocycles. The zero-order chi connectivity index (χ0) is 8.15. The highest BCUT2D eigenvalue weighted by atomic mass is 16.6. The SMILES string of the molecule is CCOC(=O)N(C)C(C)C. The van der Waals surface area contributed by atoms with Gasteiger partial charge in [0.15, 0.2) is 0 Å². The highest BCUT2D eigenvalue weighted by Gasteiger charge is 2.11. The van der Waals surface area contributed by atoms with Crippen LogP contribution < -0.4 is 0 Å². The Labute approximate surface area is 62.0 Å². The van der Waals surface area contributed by atoms with E-state index in [-0.39, 0.29) is 12.1 Å². The number of nitrogens with zero attached hydrogens (tertiary/aromatic N) is 1. The van der Waals surface area contributed by atoms with Crippen LogP contribution in [0.3, 0.4) is 0 Å². The summed E-state index contributed by atoms with van der Waals surface area (Å²) in [5.41, 5.74) is 0. The smallest absolute Gasteiger partial charge is 0.409 e. The first kappa shape index (κ1) is 9.27. The maximum atomic E-state index is 10.9. The maximum absolute atomic E-state index is 10.9. The molecule has 10 heavy (non-hydrogen) atoms. The third kappa shape index (κ3) is 2.71. The summed E-state index contributed by atoms with van der Waals surface area (Å²) in [6, 6.07) is 0.207. The monoisotopic (exact) mass is 145 g/mol. The molecule has 0 heterocycles. The van der Waals surface area contributed by atoms with Gasteiger partial charge in [-0.3, -0.25) is 0 Å². The van der Waals surface area contributed by atoms with Gasteiger partial charge in [0.2, 0.25) is 0 Å². The fraction of sp³-hybridized carbons (Fsp3) is 0.857. The van der Waals surface area contributed by atoms with E-state index in [2.05, 4.69) is 0 Å². The van der Waals surface area contributed by atoms with Gasteiger partial charge in [0, 0.05) is 13.1 Å². The summed E-state index contributed by atoms with van der Waals surface area (Å²) in [5.74, 6) is 0. The molecule has 0 atom stereocenters. The second kappa shape index (κ2) is 4.14. The van der Waals surface area contributed by atoms with Gasteiger partial charge in [-0.1, -0.05) is 0 Å². The summed E-state index contributed by atoms with van der Waals surface area (Å²) >= 11 is 0. The molecule has 3 nitrogen and oxygen atoms in total. The molecule has 0 aromatic carbocycles. The molecule has 1 amide bonds. The molecule has 0 saturated heterocycles. The van der Waals surface area contributed by atoms with E-state index in [0.29, 0.717) is 6.61 Å². The second-order valence-electron chi connectivity index (χ2n) is 2.40. The van der Waals surface area contributed by atoms with Gasteiger partial charge in [-0.2, -0.15) is 0 Å². The van der Waals surface area contributed by atoms with Crippen LogP contribution >= 0.6 is 0 Å². The Morgan fingerprint density at radius 1 is 1.60 bits per heavy atom. The molecule has 0 N–H and O–H groups in total. The Balaban J connectivity index is 3.71. The number of amides is 1. The first-order valence-corrected chi connectivity index (χ1v) is 3.49. The average Bonchev–Trinajstić information content (AvgIpc) is 1.87. The van der Waals surface area contributed by atoms with Crippen molar-refractivity contribution in [1.82, 2.24) is 4.90 Å². The molecule has 0 fully saturated rings. The van der Waals surface area contributed by atoms with Crippen LogP contribution in [0.15, 0.2) is 0 Å². The first-order valence-electron chi connectivity index (χ1n) is 3.49. The molecule has 0 radical (unpaired) electrons. The van der Waals surface area contributed by atoms with Crippen LogP contribution in [-0.2, 0) is 4.74 Å². The molecule has 3 heteroatoms. The standard InChI is InChI=1S/C7H15NO2/c1-5-10-7(9)8(4)6(2)3/h6H,5H2,1-4H3. The Morgan fingerprint density at radius 3 is 2.40 bits per heavy atom. The second-order valence-corrected chi connectivity index (χ2v) is 2.40. The van der Waals surface area contributed by atoms with Crippen LogP contribution in [0.4, 0.5) is 4.79 Å². The molecule has 0 unspecified atom stereocenters. The summed E-state index contributed by atoms with van der Waals surface area (Å²) in [5, 5.41) is 0. The minimum atomic E-state index is -0.252. The van der Waals surface area contributed by atoms with E-state index < -0.39 is 0 Å². The molecular formula is C7H15NO2. The van der Waals surface area contributed by atoms with E-state index in [1.165, 1.54) is 0 Å². The van der Waals surface area contributed by atoms with Crippen molar-refractivity contribution in [3.8, 4) is 0 Å². The van der Waals surface area contributed by atoms with Crippen molar-refractivity contribution in [2.75, 3.05) is 13.7 Å². The summed E-state index contributed by atoms with van der Waals surface area (Å²) in [6.07, 6.45) is -0.252. The van der Waals surface area contributed by atoms with E-state index in [4.69, 9.17) is 4.74 Å². The lowest BCUT2D eigenvalue weighted by atomic mass is 10.4. The minimum Gasteiger partial charge on any atom is -0.450 e. The Hall–Kier alpha value is -0.730. The van der Waals surface area contributed by atoms with Crippen LogP contribution in [-0.4, -0.2) is 30.7 Å². The summed E-state index contributed by atoms with van der Waals surface area (Å²) in [4.78, 5) is 12.4. The lowest BCUT2D eigenvalue weighted by Gasteiger charge is -2.19. The fourth-order valence-electron chi connectivity index (χ4n) is 0.436. The van der Waals surface area contributed by atoms with Crippen molar-refractivity contribution >= 4 is 6.09 Å². The van der Waals surface area contributed by atoms with Crippen molar-refractivity contribution < 1.29 is 9.53 Å². The minimum absolute atomic E-state index is 0.207. The molecule has 0 spiro atoms.